The van der Waals surface area contributed by atoms with E-state index in [1.807, 2.05) is 31.2 Å². The molecule has 1 amide bonds. The number of para-hydroxylation sites is 1. The molecule has 0 spiro atoms. The standard InChI is InChI=1S/C17H16N2O3S2/c1-11-8-12-4-2-3-5-15(12)19(11)24(21,22)13-6-7-16-14(9-13)18-17(20)10-23-16/h2-7,9,11H,8,10H2,1H3,(H,18,20)/t11-/m1/s1. The Morgan fingerprint density at radius 2 is 2.00 bits per heavy atom. The van der Waals surface area contributed by atoms with Crippen molar-refractivity contribution in [2.24, 2.45) is 0 Å². The van der Waals surface area contributed by atoms with Crippen molar-refractivity contribution >= 4 is 39.1 Å². The van der Waals surface area contributed by atoms with Gasteiger partial charge in [-0.3, -0.25) is 9.10 Å². The van der Waals surface area contributed by atoms with Crippen molar-refractivity contribution in [3.05, 3.63) is 48.0 Å². The number of anilines is 2. The molecule has 124 valence electrons. The number of fused-ring (bicyclic) bond motifs is 2. The number of sulfonamides is 1. The molecule has 2 heterocycles. The number of nitrogens with one attached hydrogen (secondary N) is 1. The third-order valence-electron chi connectivity index (χ3n) is 4.29. The van der Waals surface area contributed by atoms with E-state index < -0.39 is 10.0 Å². The molecule has 2 aromatic rings. The second kappa shape index (κ2) is 5.53. The number of rotatable bonds is 2. The maximum atomic E-state index is 13.2. The molecule has 0 saturated carbocycles. The molecule has 0 bridgehead atoms. The largest absolute Gasteiger partial charge is 0.324 e. The zero-order chi connectivity index (χ0) is 16.9. The monoisotopic (exact) mass is 360 g/mol. The van der Waals surface area contributed by atoms with E-state index in [0.29, 0.717) is 17.9 Å². The van der Waals surface area contributed by atoms with Crippen molar-refractivity contribution in [1.82, 2.24) is 0 Å². The summed E-state index contributed by atoms with van der Waals surface area (Å²) in [4.78, 5) is 12.7. The van der Waals surface area contributed by atoms with Crippen LogP contribution in [0.1, 0.15) is 12.5 Å². The molecule has 1 atom stereocenters. The predicted molar refractivity (Wildman–Crippen MR) is 95.1 cm³/mol. The molecule has 5 nitrogen and oxygen atoms in total. The number of nitrogens with zero attached hydrogens (tertiary/aromatic N) is 1. The van der Waals surface area contributed by atoms with Crippen molar-refractivity contribution in [2.45, 2.75) is 29.2 Å². The van der Waals surface area contributed by atoms with Crippen LogP contribution in [0.3, 0.4) is 0 Å². The van der Waals surface area contributed by atoms with Gasteiger partial charge in [0.05, 0.1) is 22.0 Å². The fourth-order valence-electron chi connectivity index (χ4n) is 3.24. The van der Waals surface area contributed by atoms with Gasteiger partial charge in [-0.05, 0) is 43.2 Å². The van der Waals surface area contributed by atoms with E-state index in [2.05, 4.69) is 5.32 Å². The molecule has 0 radical (unpaired) electrons. The van der Waals surface area contributed by atoms with Gasteiger partial charge in [0.1, 0.15) is 0 Å². The number of amides is 1. The van der Waals surface area contributed by atoms with Crippen molar-refractivity contribution in [1.29, 1.82) is 0 Å². The lowest BCUT2D eigenvalue weighted by atomic mass is 10.1. The fraction of sp³-hybridized carbons (Fsp3) is 0.235. The molecule has 0 aliphatic carbocycles. The van der Waals surface area contributed by atoms with Gasteiger partial charge in [-0.2, -0.15) is 0 Å². The Morgan fingerprint density at radius 1 is 1.21 bits per heavy atom. The molecule has 7 heteroatoms. The van der Waals surface area contributed by atoms with E-state index in [9.17, 15) is 13.2 Å². The van der Waals surface area contributed by atoms with Crippen molar-refractivity contribution < 1.29 is 13.2 Å². The van der Waals surface area contributed by atoms with Crippen molar-refractivity contribution in [2.75, 3.05) is 15.4 Å². The van der Waals surface area contributed by atoms with Crippen LogP contribution in [0.15, 0.2) is 52.3 Å². The molecule has 0 fully saturated rings. The first-order valence-corrected chi connectivity index (χ1v) is 10.1. The summed E-state index contributed by atoms with van der Waals surface area (Å²) in [5.74, 6) is 0.247. The lowest BCUT2D eigenvalue weighted by Gasteiger charge is -2.25. The van der Waals surface area contributed by atoms with Crippen LogP contribution in [0.4, 0.5) is 11.4 Å². The topological polar surface area (TPSA) is 66.5 Å². The van der Waals surface area contributed by atoms with Crippen LogP contribution >= 0.6 is 11.8 Å². The molecular formula is C17H16N2O3S2. The Hall–Kier alpha value is -1.99. The maximum absolute atomic E-state index is 13.2. The highest BCUT2D eigenvalue weighted by molar-refractivity contribution is 8.00. The van der Waals surface area contributed by atoms with Crippen LogP contribution in [-0.2, 0) is 21.2 Å². The number of hydrogen-bond donors (Lipinski definition) is 1. The third-order valence-corrected chi connectivity index (χ3v) is 7.28. The minimum Gasteiger partial charge on any atom is -0.324 e. The van der Waals surface area contributed by atoms with E-state index in [-0.39, 0.29) is 16.8 Å². The third kappa shape index (κ3) is 2.39. The van der Waals surface area contributed by atoms with Crippen molar-refractivity contribution in [3.8, 4) is 0 Å². The zero-order valence-electron chi connectivity index (χ0n) is 13.0. The molecule has 4 rings (SSSR count). The van der Waals surface area contributed by atoms with Gasteiger partial charge in [-0.1, -0.05) is 18.2 Å². The Balaban J connectivity index is 1.79. The second-order valence-electron chi connectivity index (χ2n) is 5.98. The van der Waals surface area contributed by atoms with Gasteiger partial charge >= 0.3 is 0 Å². The van der Waals surface area contributed by atoms with Gasteiger partial charge in [0.2, 0.25) is 5.91 Å². The first-order chi connectivity index (χ1) is 11.5. The number of benzene rings is 2. The average Bonchev–Trinajstić information content (AvgIpc) is 2.90. The van der Waals surface area contributed by atoms with Gasteiger partial charge in [0.15, 0.2) is 0 Å². The quantitative estimate of drug-likeness (QED) is 0.894. The van der Waals surface area contributed by atoms with Crippen LogP contribution in [0.2, 0.25) is 0 Å². The van der Waals surface area contributed by atoms with E-state index in [1.54, 1.807) is 18.2 Å². The van der Waals surface area contributed by atoms with Gasteiger partial charge in [0.25, 0.3) is 10.0 Å². The van der Waals surface area contributed by atoms with E-state index >= 15 is 0 Å². The molecule has 2 aromatic carbocycles. The number of thioether (sulfide) groups is 1. The number of hydrogen-bond acceptors (Lipinski definition) is 4. The lowest BCUT2D eigenvalue weighted by molar-refractivity contribution is -0.113. The van der Waals surface area contributed by atoms with E-state index in [0.717, 1.165) is 16.1 Å². The summed E-state index contributed by atoms with van der Waals surface area (Å²) >= 11 is 1.42. The van der Waals surface area contributed by atoms with Crippen LogP contribution in [0.25, 0.3) is 0 Å². The number of carbonyl (C=O) groups excluding carboxylic acids is 1. The Labute approximate surface area is 145 Å². The van der Waals surface area contributed by atoms with Crippen LogP contribution < -0.4 is 9.62 Å². The van der Waals surface area contributed by atoms with E-state index in [4.69, 9.17) is 0 Å². The van der Waals surface area contributed by atoms with Crippen LogP contribution in [-0.4, -0.2) is 26.1 Å². The minimum atomic E-state index is -3.68. The fourth-order valence-corrected chi connectivity index (χ4v) is 5.75. The highest BCUT2D eigenvalue weighted by Gasteiger charge is 2.36. The Kier molecular flexibility index (Phi) is 3.58. The second-order valence-corrected chi connectivity index (χ2v) is 8.81. The summed E-state index contributed by atoms with van der Waals surface area (Å²) in [5, 5.41) is 2.75. The molecule has 1 N–H and O–H groups in total. The molecular weight excluding hydrogens is 344 g/mol. The lowest BCUT2D eigenvalue weighted by Crippen LogP contribution is -2.35. The average molecular weight is 360 g/mol. The first kappa shape index (κ1) is 15.5. The SMILES string of the molecule is C[C@@H]1Cc2ccccc2N1S(=O)(=O)c1ccc2c(c1)NC(=O)CS2. The Bertz CT molecular complexity index is 941. The van der Waals surface area contributed by atoms with Crippen molar-refractivity contribution in [3.63, 3.8) is 0 Å². The summed E-state index contributed by atoms with van der Waals surface area (Å²) < 4.78 is 27.9. The minimum absolute atomic E-state index is 0.109. The zero-order valence-corrected chi connectivity index (χ0v) is 14.7. The van der Waals surface area contributed by atoms with Crippen LogP contribution in [0.5, 0.6) is 0 Å². The van der Waals surface area contributed by atoms with Gasteiger partial charge in [-0.25, -0.2) is 8.42 Å². The summed E-state index contributed by atoms with van der Waals surface area (Å²) in [5.41, 5.74) is 2.34. The first-order valence-electron chi connectivity index (χ1n) is 7.66. The number of carbonyl (C=O) groups is 1. The molecule has 2 aliphatic rings. The Morgan fingerprint density at radius 3 is 2.83 bits per heavy atom. The highest BCUT2D eigenvalue weighted by Crippen LogP contribution is 2.39. The predicted octanol–water partition coefficient (Wildman–Crippen LogP) is 2.87. The summed E-state index contributed by atoms with van der Waals surface area (Å²) in [6.45, 7) is 1.91. The van der Waals surface area contributed by atoms with E-state index in [1.165, 1.54) is 16.1 Å². The normalized spacial score (nSPS) is 19.6. The molecule has 2 aliphatic heterocycles. The smallest absolute Gasteiger partial charge is 0.264 e. The molecule has 0 aromatic heterocycles. The summed E-state index contributed by atoms with van der Waals surface area (Å²) in [7, 11) is -3.68. The summed E-state index contributed by atoms with van der Waals surface area (Å²) in [6.07, 6.45) is 0.701. The van der Waals surface area contributed by atoms with Gasteiger partial charge in [-0.15, -0.1) is 11.8 Å². The van der Waals surface area contributed by atoms with Gasteiger partial charge < -0.3 is 5.32 Å². The maximum Gasteiger partial charge on any atom is 0.264 e. The molecule has 0 saturated heterocycles. The molecule has 24 heavy (non-hydrogen) atoms. The van der Waals surface area contributed by atoms with Crippen LogP contribution in [0, 0.1) is 0 Å². The van der Waals surface area contributed by atoms with Gasteiger partial charge in [0, 0.05) is 10.9 Å². The summed E-state index contributed by atoms with van der Waals surface area (Å²) in [6, 6.07) is 12.4. The highest BCUT2D eigenvalue weighted by atomic mass is 32.2. The molecule has 0 unspecified atom stereocenters.